The first-order valence-corrected chi connectivity index (χ1v) is 6.40. The van der Waals surface area contributed by atoms with Gasteiger partial charge in [0.05, 0.1) is 18.1 Å². The molecule has 0 radical (unpaired) electrons. The van der Waals surface area contributed by atoms with Gasteiger partial charge in [-0.15, -0.1) is 0 Å². The van der Waals surface area contributed by atoms with E-state index in [1.165, 1.54) is 0 Å². The number of methoxy groups -OCH3 is 1. The fourth-order valence-electron chi connectivity index (χ4n) is 2.24. The third kappa shape index (κ3) is 2.09. The van der Waals surface area contributed by atoms with Gasteiger partial charge in [-0.25, -0.2) is 0 Å². The summed E-state index contributed by atoms with van der Waals surface area (Å²) in [5.74, 6) is 0.867. The van der Waals surface area contributed by atoms with Crippen LogP contribution in [0.2, 0.25) is 0 Å². The zero-order valence-corrected chi connectivity index (χ0v) is 11.3. The highest BCUT2D eigenvalue weighted by Crippen LogP contribution is 2.26. The molecule has 4 heteroatoms. The Labute approximate surface area is 106 Å². The van der Waals surface area contributed by atoms with E-state index < -0.39 is 0 Å². The number of nitrogens with zero attached hydrogens (tertiary/aromatic N) is 1. The Hall–Kier alpha value is -1.29. The Morgan fingerprint density at radius 2 is 2.06 bits per heavy atom. The molecule has 17 heavy (non-hydrogen) atoms. The number of aromatic amines is 1. The lowest BCUT2D eigenvalue weighted by Gasteiger charge is -2.15. The topological polar surface area (TPSA) is 29.9 Å². The number of ether oxygens (including phenoxy) is 1. The number of nitrogens with one attached hydrogen (secondary N) is 1. The summed E-state index contributed by atoms with van der Waals surface area (Å²) in [5.41, 5.74) is 2.20. The minimum atomic E-state index is 0.448. The minimum Gasteiger partial charge on any atom is -0.497 e. The van der Waals surface area contributed by atoms with Crippen molar-refractivity contribution in [1.82, 2.24) is 9.55 Å². The van der Waals surface area contributed by atoms with Crippen LogP contribution in [0.1, 0.15) is 32.7 Å². The number of H-pyrrole nitrogens is 1. The molecule has 0 saturated heterocycles. The Morgan fingerprint density at radius 1 is 1.35 bits per heavy atom. The largest absolute Gasteiger partial charge is 0.497 e. The molecule has 0 unspecified atom stereocenters. The lowest BCUT2D eigenvalue weighted by atomic mass is 10.1. The highest BCUT2D eigenvalue weighted by atomic mass is 32.1. The smallest absolute Gasteiger partial charge is 0.178 e. The zero-order chi connectivity index (χ0) is 12.4. The summed E-state index contributed by atoms with van der Waals surface area (Å²) in [5, 5.41) is 0. The molecule has 1 heterocycles. The molecule has 1 aromatic heterocycles. The van der Waals surface area contributed by atoms with Gasteiger partial charge in [-0.05, 0) is 37.2 Å². The van der Waals surface area contributed by atoms with Gasteiger partial charge in [0.1, 0.15) is 5.75 Å². The fraction of sp³-hybridized carbons (Fsp3) is 0.462. The molecule has 0 fully saturated rings. The third-order valence-corrected chi connectivity index (χ3v) is 3.53. The van der Waals surface area contributed by atoms with Gasteiger partial charge in [-0.1, -0.05) is 13.8 Å². The van der Waals surface area contributed by atoms with Crippen molar-refractivity contribution in [3.05, 3.63) is 23.0 Å². The molecular weight excluding hydrogens is 232 g/mol. The number of benzene rings is 1. The summed E-state index contributed by atoms with van der Waals surface area (Å²) >= 11 is 5.41. The van der Waals surface area contributed by atoms with E-state index in [1.54, 1.807) is 7.11 Å². The predicted molar refractivity (Wildman–Crippen MR) is 73.3 cm³/mol. The van der Waals surface area contributed by atoms with E-state index in [4.69, 9.17) is 17.0 Å². The molecule has 0 atom stereocenters. The molecule has 0 spiro atoms. The lowest BCUT2D eigenvalue weighted by molar-refractivity contribution is 0.414. The number of imidazole rings is 1. The SMILES string of the molecule is CCC(CC)n1c(=S)[nH]c2ccc(OC)cc21. The molecule has 1 N–H and O–H groups in total. The molecule has 1 aromatic carbocycles. The Morgan fingerprint density at radius 3 is 2.65 bits per heavy atom. The summed E-state index contributed by atoms with van der Waals surface area (Å²) in [7, 11) is 1.68. The third-order valence-electron chi connectivity index (χ3n) is 3.23. The van der Waals surface area contributed by atoms with E-state index in [-0.39, 0.29) is 0 Å². The van der Waals surface area contributed by atoms with Gasteiger partial charge in [0.15, 0.2) is 4.77 Å². The van der Waals surface area contributed by atoms with Crippen LogP contribution in [-0.4, -0.2) is 16.7 Å². The zero-order valence-electron chi connectivity index (χ0n) is 10.5. The van der Waals surface area contributed by atoms with Gasteiger partial charge in [-0.2, -0.15) is 0 Å². The molecule has 2 rings (SSSR count). The van der Waals surface area contributed by atoms with E-state index in [9.17, 15) is 0 Å². The number of aromatic nitrogens is 2. The van der Waals surface area contributed by atoms with Crippen LogP contribution in [0.5, 0.6) is 5.75 Å². The molecule has 92 valence electrons. The van der Waals surface area contributed by atoms with Crippen molar-refractivity contribution in [2.45, 2.75) is 32.7 Å². The van der Waals surface area contributed by atoms with Crippen molar-refractivity contribution in [1.29, 1.82) is 0 Å². The Kier molecular flexibility index (Phi) is 3.52. The Bertz CT molecular complexity index is 566. The lowest BCUT2D eigenvalue weighted by Crippen LogP contribution is -2.06. The van der Waals surface area contributed by atoms with Gasteiger partial charge < -0.3 is 14.3 Å². The maximum Gasteiger partial charge on any atom is 0.178 e. The average molecular weight is 250 g/mol. The summed E-state index contributed by atoms with van der Waals surface area (Å²) in [6, 6.07) is 6.46. The van der Waals surface area contributed by atoms with Crippen LogP contribution in [0.25, 0.3) is 11.0 Å². The number of hydrogen-bond donors (Lipinski definition) is 1. The molecule has 3 nitrogen and oxygen atoms in total. The van der Waals surface area contributed by atoms with Crippen LogP contribution in [-0.2, 0) is 0 Å². The van der Waals surface area contributed by atoms with Gasteiger partial charge in [-0.3, -0.25) is 0 Å². The van der Waals surface area contributed by atoms with Crippen molar-refractivity contribution < 1.29 is 4.74 Å². The second kappa shape index (κ2) is 4.92. The standard InChI is InChI=1S/C13H18N2OS/c1-4-9(5-2)15-12-8-10(16-3)6-7-11(12)14-13(15)17/h6-9H,4-5H2,1-3H3,(H,14,17). The molecule has 0 saturated carbocycles. The fourth-order valence-corrected chi connectivity index (χ4v) is 2.60. The number of fused-ring (bicyclic) bond motifs is 1. The molecule has 0 aliphatic rings. The van der Waals surface area contributed by atoms with Gasteiger partial charge in [0, 0.05) is 12.1 Å². The van der Waals surface area contributed by atoms with Crippen LogP contribution in [0, 0.1) is 4.77 Å². The van der Waals surface area contributed by atoms with Crippen molar-refractivity contribution in [2.24, 2.45) is 0 Å². The predicted octanol–water partition coefficient (Wildman–Crippen LogP) is 4.07. The van der Waals surface area contributed by atoms with Crippen LogP contribution in [0.15, 0.2) is 18.2 Å². The van der Waals surface area contributed by atoms with E-state index in [0.717, 1.165) is 34.4 Å². The monoisotopic (exact) mass is 250 g/mol. The van der Waals surface area contributed by atoms with Crippen LogP contribution < -0.4 is 4.74 Å². The highest BCUT2D eigenvalue weighted by Gasteiger charge is 2.12. The molecule has 0 amide bonds. The van der Waals surface area contributed by atoms with Crippen LogP contribution in [0.3, 0.4) is 0 Å². The minimum absolute atomic E-state index is 0.448. The Balaban J connectivity index is 2.67. The van der Waals surface area contributed by atoms with Crippen molar-refractivity contribution in [3.8, 4) is 5.75 Å². The molecule has 2 aromatic rings. The summed E-state index contributed by atoms with van der Waals surface area (Å²) in [4.78, 5) is 3.25. The first-order chi connectivity index (χ1) is 8.21. The van der Waals surface area contributed by atoms with E-state index in [1.807, 2.05) is 18.2 Å². The summed E-state index contributed by atoms with van der Waals surface area (Å²) in [6.45, 7) is 4.38. The van der Waals surface area contributed by atoms with E-state index in [0.29, 0.717) is 6.04 Å². The first-order valence-electron chi connectivity index (χ1n) is 5.99. The van der Waals surface area contributed by atoms with Crippen LogP contribution in [0.4, 0.5) is 0 Å². The maximum atomic E-state index is 5.41. The van der Waals surface area contributed by atoms with Gasteiger partial charge in [0.25, 0.3) is 0 Å². The molecule has 0 bridgehead atoms. The second-order valence-corrected chi connectivity index (χ2v) is 4.54. The maximum absolute atomic E-state index is 5.41. The number of rotatable bonds is 4. The molecular formula is C13H18N2OS. The summed E-state index contributed by atoms with van der Waals surface area (Å²) < 4.78 is 8.27. The van der Waals surface area contributed by atoms with Gasteiger partial charge >= 0.3 is 0 Å². The van der Waals surface area contributed by atoms with Crippen molar-refractivity contribution >= 4 is 23.3 Å². The molecule has 0 aliphatic heterocycles. The van der Waals surface area contributed by atoms with Crippen molar-refractivity contribution in [3.63, 3.8) is 0 Å². The normalized spacial score (nSPS) is 11.3. The average Bonchev–Trinajstić information content (AvgIpc) is 2.67. The van der Waals surface area contributed by atoms with E-state index in [2.05, 4.69) is 23.4 Å². The number of hydrogen-bond acceptors (Lipinski definition) is 2. The van der Waals surface area contributed by atoms with E-state index >= 15 is 0 Å². The van der Waals surface area contributed by atoms with Crippen molar-refractivity contribution in [2.75, 3.05) is 7.11 Å². The van der Waals surface area contributed by atoms with Crippen LogP contribution >= 0.6 is 12.2 Å². The summed E-state index contributed by atoms with van der Waals surface area (Å²) in [6.07, 6.45) is 2.16. The first kappa shape index (κ1) is 12.2. The van der Waals surface area contributed by atoms with Gasteiger partial charge in [0.2, 0.25) is 0 Å². The highest BCUT2D eigenvalue weighted by molar-refractivity contribution is 7.71. The second-order valence-electron chi connectivity index (χ2n) is 4.15. The quantitative estimate of drug-likeness (QED) is 0.829. The molecule has 0 aliphatic carbocycles.